The second-order valence-electron chi connectivity index (χ2n) is 3.49. The molecule has 5 N–H and O–H groups in total. The van der Waals surface area contributed by atoms with Gasteiger partial charge in [-0.3, -0.25) is 4.79 Å². The Bertz CT molecular complexity index is 245. The fourth-order valence-electron chi connectivity index (χ4n) is 1.19. The number of nitrogens with zero attached hydrogens (tertiary/aromatic N) is 2. The molecule has 0 aliphatic heterocycles. The minimum absolute atomic E-state index is 0.235. The highest BCUT2D eigenvalue weighted by atomic mass is 16.4. The molecule has 0 amide bonds. The van der Waals surface area contributed by atoms with Crippen molar-refractivity contribution in [2.45, 2.75) is 32.2 Å². The summed E-state index contributed by atoms with van der Waals surface area (Å²) in [4.78, 5) is 11.9. The number of unbranched alkanes of at least 4 members (excludes halogenated alkanes) is 1. The monoisotopic (exact) mass is 233 g/mol. The first-order chi connectivity index (χ1) is 7.52. The van der Waals surface area contributed by atoms with Crippen molar-refractivity contribution in [2.75, 3.05) is 13.3 Å². The second kappa shape index (κ2) is 7.89. The van der Waals surface area contributed by atoms with Crippen LogP contribution < -0.4 is 5.73 Å². The summed E-state index contributed by atoms with van der Waals surface area (Å²) in [6, 6.07) is -0.838. The van der Waals surface area contributed by atoms with E-state index in [1.807, 2.05) is 0 Å². The Morgan fingerprint density at radius 3 is 2.56 bits per heavy atom. The molecule has 0 aromatic heterocycles. The van der Waals surface area contributed by atoms with Crippen LogP contribution in [-0.4, -0.2) is 51.4 Å². The van der Waals surface area contributed by atoms with Crippen molar-refractivity contribution in [3.8, 4) is 0 Å². The van der Waals surface area contributed by atoms with Gasteiger partial charge in [-0.25, -0.2) is 0 Å². The summed E-state index contributed by atoms with van der Waals surface area (Å²) in [6.07, 6.45) is 1.71. The van der Waals surface area contributed by atoms with E-state index in [1.54, 1.807) is 6.92 Å². The van der Waals surface area contributed by atoms with Crippen LogP contribution in [0.3, 0.4) is 0 Å². The van der Waals surface area contributed by atoms with Crippen molar-refractivity contribution in [3.63, 3.8) is 0 Å². The SMILES string of the molecule is C/C(=N\O)N(CO)CCCC[C@H](N)C(=O)O. The van der Waals surface area contributed by atoms with Gasteiger partial charge in [-0.1, -0.05) is 5.16 Å². The zero-order chi connectivity index (χ0) is 12.6. The molecule has 16 heavy (non-hydrogen) atoms. The van der Waals surface area contributed by atoms with E-state index in [1.165, 1.54) is 4.90 Å². The van der Waals surface area contributed by atoms with Crippen molar-refractivity contribution in [1.82, 2.24) is 4.90 Å². The summed E-state index contributed by atoms with van der Waals surface area (Å²) in [7, 11) is 0. The zero-order valence-electron chi connectivity index (χ0n) is 9.33. The number of amidine groups is 1. The van der Waals surface area contributed by atoms with Gasteiger partial charge in [0, 0.05) is 6.54 Å². The average molecular weight is 233 g/mol. The van der Waals surface area contributed by atoms with Crippen LogP contribution in [-0.2, 0) is 4.79 Å². The van der Waals surface area contributed by atoms with E-state index >= 15 is 0 Å². The quantitative estimate of drug-likeness (QED) is 0.119. The number of aliphatic hydroxyl groups excluding tert-OH is 1. The van der Waals surface area contributed by atoms with E-state index in [0.29, 0.717) is 31.6 Å². The van der Waals surface area contributed by atoms with Crippen LogP contribution in [0, 0.1) is 0 Å². The third-order valence-corrected chi connectivity index (χ3v) is 2.28. The molecule has 0 aliphatic carbocycles. The number of carboxylic acid groups (broad SMARTS) is 1. The number of hydrogen-bond donors (Lipinski definition) is 4. The molecule has 0 saturated heterocycles. The summed E-state index contributed by atoms with van der Waals surface area (Å²) < 4.78 is 0. The molecule has 0 heterocycles. The van der Waals surface area contributed by atoms with E-state index in [2.05, 4.69) is 5.16 Å². The maximum atomic E-state index is 10.4. The van der Waals surface area contributed by atoms with Crippen LogP contribution in [0.1, 0.15) is 26.2 Å². The van der Waals surface area contributed by atoms with Gasteiger partial charge in [0.15, 0.2) is 0 Å². The Kier molecular flexibility index (Phi) is 7.23. The molecule has 0 radical (unpaired) electrons. The standard InChI is InChI=1S/C9H19N3O4/c1-7(11-16)12(6-13)5-3-2-4-8(10)9(14)15/h8,13,16H,2-6,10H2,1H3,(H,14,15)/b11-7+/t8-/m0/s1. The molecule has 1 atom stereocenters. The zero-order valence-corrected chi connectivity index (χ0v) is 9.33. The first-order valence-electron chi connectivity index (χ1n) is 5.05. The lowest BCUT2D eigenvalue weighted by atomic mass is 10.1. The summed E-state index contributed by atoms with van der Waals surface area (Å²) in [5, 5.41) is 28.9. The summed E-state index contributed by atoms with van der Waals surface area (Å²) >= 11 is 0. The van der Waals surface area contributed by atoms with Gasteiger partial charge in [-0.15, -0.1) is 0 Å². The molecule has 0 aliphatic rings. The van der Waals surface area contributed by atoms with Gasteiger partial charge < -0.3 is 26.1 Å². The van der Waals surface area contributed by atoms with Crippen molar-refractivity contribution < 1.29 is 20.2 Å². The fourth-order valence-corrected chi connectivity index (χ4v) is 1.19. The maximum Gasteiger partial charge on any atom is 0.320 e. The van der Waals surface area contributed by atoms with Crippen molar-refractivity contribution in [3.05, 3.63) is 0 Å². The van der Waals surface area contributed by atoms with Crippen LogP contribution in [0.15, 0.2) is 5.16 Å². The lowest BCUT2D eigenvalue weighted by Crippen LogP contribution is -2.32. The number of oxime groups is 1. The predicted molar refractivity (Wildman–Crippen MR) is 58.1 cm³/mol. The van der Waals surface area contributed by atoms with Gasteiger partial charge in [-0.05, 0) is 26.2 Å². The molecular formula is C9H19N3O4. The Hall–Kier alpha value is -1.34. The first-order valence-corrected chi connectivity index (χ1v) is 5.05. The summed E-state index contributed by atoms with van der Waals surface area (Å²) in [5.74, 6) is -0.683. The highest BCUT2D eigenvalue weighted by Gasteiger charge is 2.11. The molecule has 0 aromatic carbocycles. The van der Waals surface area contributed by atoms with Crippen LogP contribution in [0.25, 0.3) is 0 Å². The van der Waals surface area contributed by atoms with E-state index in [9.17, 15) is 4.79 Å². The third kappa shape index (κ3) is 5.52. The van der Waals surface area contributed by atoms with Crippen molar-refractivity contribution in [2.24, 2.45) is 10.9 Å². The molecule has 0 unspecified atom stereocenters. The van der Waals surface area contributed by atoms with Crippen molar-refractivity contribution in [1.29, 1.82) is 0 Å². The molecule has 7 heteroatoms. The lowest BCUT2D eigenvalue weighted by molar-refractivity contribution is -0.138. The maximum absolute atomic E-state index is 10.4. The lowest BCUT2D eigenvalue weighted by Gasteiger charge is -2.20. The molecule has 0 fully saturated rings. The number of aliphatic hydroxyl groups is 1. The fraction of sp³-hybridized carbons (Fsp3) is 0.778. The summed E-state index contributed by atoms with van der Waals surface area (Å²) in [6.45, 7) is 1.83. The normalized spacial score (nSPS) is 13.6. The Labute approximate surface area is 94.2 Å². The van der Waals surface area contributed by atoms with E-state index in [-0.39, 0.29) is 6.73 Å². The summed E-state index contributed by atoms with van der Waals surface area (Å²) in [5.41, 5.74) is 5.33. The number of carbonyl (C=O) groups is 1. The molecular weight excluding hydrogens is 214 g/mol. The molecule has 0 bridgehead atoms. The molecule has 7 nitrogen and oxygen atoms in total. The van der Waals surface area contributed by atoms with E-state index in [4.69, 9.17) is 21.2 Å². The van der Waals surface area contributed by atoms with Crippen LogP contribution in [0.2, 0.25) is 0 Å². The van der Waals surface area contributed by atoms with E-state index in [0.717, 1.165) is 0 Å². The third-order valence-electron chi connectivity index (χ3n) is 2.28. The van der Waals surface area contributed by atoms with Gasteiger partial charge in [0.05, 0.1) is 0 Å². The number of aliphatic carboxylic acids is 1. The van der Waals surface area contributed by atoms with Crippen LogP contribution in [0.5, 0.6) is 0 Å². The number of hydrogen-bond acceptors (Lipinski definition) is 5. The van der Waals surface area contributed by atoms with Gasteiger partial charge in [-0.2, -0.15) is 0 Å². The van der Waals surface area contributed by atoms with Crippen LogP contribution >= 0.6 is 0 Å². The Balaban J connectivity index is 3.76. The minimum atomic E-state index is -1.01. The molecule has 0 aromatic rings. The van der Waals surface area contributed by atoms with E-state index < -0.39 is 12.0 Å². The minimum Gasteiger partial charge on any atom is -0.480 e. The second-order valence-corrected chi connectivity index (χ2v) is 3.49. The number of carboxylic acids is 1. The topological polar surface area (TPSA) is 119 Å². The Morgan fingerprint density at radius 2 is 2.12 bits per heavy atom. The highest BCUT2D eigenvalue weighted by Crippen LogP contribution is 2.02. The average Bonchev–Trinajstić information content (AvgIpc) is 2.27. The Morgan fingerprint density at radius 1 is 1.50 bits per heavy atom. The molecule has 0 saturated carbocycles. The van der Waals surface area contributed by atoms with Crippen LogP contribution in [0.4, 0.5) is 0 Å². The number of rotatable bonds is 7. The smallest absolute Gasteiger partial charge is 0.320 e. The molecule has 94 valence electrons. The largest absolute Gasteiger partial charge is 0.480 e. The first kappa shape index (κ1) is 14.7. The van der Waals surface area contributed by atoms with Gasteiger partial charge in [0.25, 0.3) is 0 Å². The number of nitrogens with two attached hydrogens (primary N) is 1. The van der Waals surface area contributed by atoms with Gasteiger partial charge in [0.2, 0.25) is 0 Å². The molecule has 0 spiro atoms. The molecule has 0 rings (SSSR count). The highest BCUT2D eigenvalue weighted by molar-refractivity contribution is 5.78. The van der Waals surface area contributed by atoms with Gasteiger partial charge in [0.1, 0.15) is 18.6 Å². The van der Waals surface area contributed by atoms with Gasteiger partial charge >= 0.3 is 5.97 Å². The van der Waals surface area contributed by atoms with Crippen molar-refractivity contribution >= 4 is 11.8 Å². The predicted octanol–water partition coefficient (Wildman–Crippen LogP) is -0.372.